The number of aryl methyl sites for hydroxylation is 1. The Labute approximate surface area is 118 Å². The summed E-state index contributed by atoms with van der Waals surface area (Å²) in [5, 5.41) is 12.9. The number of carboxylic acid groups (broad SMARTS) is 1. The van der Waals surface area contributed by atoms with Gasteiger partial charge >= 0.3 is 5.97 Å². The van der Waals surface area contributed by atoms with E-state index >= 15 is 0 Å². The first-order chi connectivity index (χ1) is 9.65. The standard InChI is InChI=1S/C14H21N3O3/c1-2-12-15-13(20-16-12)8-17-10-3-4-11(17)6-9(5-10)7-14(18)19/h9-11H,2-8H2,1H3,(H,18,19). The van der Waals surface area contributed by atoms with Crippen molar-refractivity contribution < 1.29 is 14.4 Å². The van der Waals surface area contributed by atoms with E-state index in [2.05, 4.69) is 15.0 Å². The van der Waals surface area contributed by atoms with Crippen molar-refractivity contribution >= 4 is 5.97 Å². The van der Waals surface area contributed by atoms with Crippen molar-refractivity contribution in [2.75, 3.05) is 0 Å². The summed E-state index contributed by atoms with van der Waals surface area (Å²) < 4.78 is 5.28. The fourth-order valence-electron chi connectivity index (χ4n) is 3.71. The molecule has 6 heteroatoms. The zero-order chi connectivity index (χ0) is 14.1. The highest BCUT2D eigenvalue weighted by Gasteiger charge is 2.41. The third-order valence-electron chi connectivity index (χ3n) is 4.59. The van der Waals surface area contributed by atoms with Crippen molar-refractivity contribution in [3.63, 3.8) is 0 Å². The van der Waals surface area contributed by atoms with Crippen LogP contribution in [-0.4, -0.2) is 38.2 Å². The Bertz CT molecular complexity index is 474. The average molecular weight is 279 g/mol. The van der Waals surface area contributed by atoms with E-state index in [1.807, 2.05) is 6.92 Å². The minimum absolute atomic E-state index is 0.307. The summed E-state index contributed by atoms with van der Waals surface area (Å²) >= 11 is 0. The number of piperidine rings is 1. The van der Waals surface area contributed by atoms with Gasteiger partial charge in [0.1, 0.15) is 0 Å². The molecule has 3 rings (SSSR count). The lowest BCUT2D eigenvalue weighted by Gasteiger charge is -2.37. The Morgan fingerprint density at radius 2 is 2.10 bits per heavy atom. The maximum Gasteiger partial charge on any atom is 0.303 e. The van der Waals surface area contributed by atoms with Crippen LogP contribution in [0.5, 0.6) is 0 Å². The lowest BCUT2D eigenvalue weighted by molar-refractivity contribution is -0.138. The SMILES string of the molecule is CCc1noc(CN2C3CCC2CC(CC(=O)O)C3)n1. The van der Waals surface area contributed by atoms with Gasteiger partial charge in [0, 0.05) is 24.9 Å². The normalized spacial score (nSPS) is 29.8. The van der Waals surface area contributed by atoms with Crippen molar-refractivity contribution in [3.05, 3.63) is 11.7 Å². The van der Waals surface area contributed by atoms with Crippen molar-refractivity contribution in [1.29, 1.82) is 0 Å². The van der Waals surface area contributed by atoms with Gasteiger partial charge < -0.3 is 9.63 Å². The van der Waals surface area contributed by atoms with Crippen LogP contribution in [0.1, 0.15) is 50.7 Å². The molecular weight excluding hydrogens is 258 g/mol. The summed E-state index contributed by atoms with van der Waals surface area (Å²) in [7, 11) is 0. The second kappa shape index (κ2) is 5.52. The number of hydrogen-bond donors (Lipinski definition) is 1. The quantitative estimate of drug-likeness (QED) is 0.886. The molecule has 3 heterocycles. The predicted molar refractivity (Wildman–Crippen MR) is 71.0 cm³/mol. The van der Waals surface area contributed by atoms with Gasteiger partial charge in [-0.05, 0) is 31.6 Å². The summed E-state index contributed by atoms with van der Waals surface area (Å²) in [5.41, 5.74) is 0. The smallest absolute Gasteiger partial charge is 0.303 e. The van der Waals surface area contributed by atoms with Crippen molar-refractivity contribution in [1.82, 2.24) is 15.0 Å². The lowest BCUT2D eigenvalue weighted by Crippen LogP contribution is -2.42. The average Bonchev–Trinajstić information content (AvgIpc) is 2.93. The van der Waals surface area contributed by atoms with E-state index in [-0.39, 0.29) is 0 Å². The first kappa shape index (κ1) is 13.5. The number of rotatable bonds is 5. The monoisotopic (exact) mass is 279 g/mol. The van der Waals surface area contributed by atoms with Crippen LogP contribution in [0, 0.1) is 5.92 Å². The summed E-state index contributed by atoms with van der Waals surface area (Å²) in [6.45, 7) is 2.72. The Morgan fingerprint density at radius 1 is 1.40 bits per heavy atom. The fraction of sp³-hybridized carbons (Fsp3) is 0.786. The van der Waals surface area contributed by atoms with Crippen LogP contribution >= 0.6 is 0 Å². The van der Waals surface area contributed by atoms with Crippen LogP contribution in [0.4, 0.5) is 0 Å². The maximum atomic E-state index is 10.9. The van der Waals surface area contributed by atoms with E-state index in [4.69, 9.17) is 9.63 Å². The number of aliphatic carboxylic acids is 1. The maximum absolute atomic E-state index is 10.9. The Balaban J connectivity index is 1.63. The molecule has 20 heavy (non-hydrogen) atoms. The Morgan fingerprint density at radius 3 is 2.65 bits per heavy atom. The molecule has 0 radical (unpaired) electrons. The highest BCUT2D eigenvalue weighted by atomic mass is 16.5. The van der Waals surface area contributed by atoms with E-state index in [1.54, 1.807) is 0 Å². The van der Waals surface area contributed by atoms with Crippen LogP contribution in [0.3, 0.4) is 0 Å². The van der Waals surface area contributed by atoms with Gasteiger partial charge in [0.2, 0.25) is 5.89 Å². The summed E-state index contributed by atoms with van der Waals surface area (Å²) in [6, 6.07) is 0.963. The third-order valence-corrected chi connectivity index (χ3v) is 4.59. The number of fused-ring (bicyclic) bond motifs is 2. The molecule has 0 aromatic carbocycles. The molecule has 110 valence electrons. The van der Waals surface area contributed by atoms with Gasteiger partial charge in [-0.25, -0.2) is 0 Å². The highest BCUT2D eigenvalue weighted by molar-refractivity contribution is 5.67. The van der Waals surface area contributed by atoms with Gasteiger partial charge in [-0.3, -0.25) is 9.69 Å². The molecule has 1 aromatic rings. The fourth-order valence-corrected chi connectivity index (χ4v) is 3.71. The Kier molecular flexibility index (Phi) is 3.74. The predicted octanol–water partition coefficient (Wildman–Crippen LogP) is 1.85. The summed E-state index contributed by atoms with van der Waals surface area (Å²) in [4.78, 5) is 17.7. The number of hydrogen-bond acceptors (Lipinski definition) is 5. The summed E-state index contributed by atoms with van der Waals surface area (Å²) in [6.07, 6.45) is 5.39. The van der Waals surface area contributed by atoms with Crippen molar-refractivity contribution in [3.8, 4) is 0 Å². The molecule has 0 amide bonds. The zero-order valence-corrected chi connectivity index (χ0v) is 11.8. The van der Waals surface area contributed by atoms with E-state index in [9.17, 15) is 4.79 Å². The molecule has 1 N–H and O–H groups in total. The lowest BCUT2D eigenvalue weighted by atomic mass is 9.88. The van der Waals surface area contributed by atoms with Crippen LogP contribution < -0.4 is 0 Å². The van der Waals surface area contributed by atoms with Crippen molar-refractivity contribution in [2.24, 2.45) is 5.92 Å². The molecule has 2 saturated heterocycles. The number of nitrogens with zero attached hydrogens (tertiary/aromatic N) is 3. The molecule has 6 nitrogen and oxygen atoms in total. The molecule has 0 spiro atoms. The first-order valence-electron chi connectivity index (χ1n) is 7.44. The zero-order valence-electron chi connectivity index (χ0n) is 11.8. The van der Waals surface area contributed by atoms with E-state index in [0.29, 0.717) is 36.9 Å². The highest BCUT2D eigenvalue weighted by Crippen LogP contribution is 2.40. The number of aromatic nitrogens is 2. The van der Waals surface area contributed by atoms with Gasteiger partial charge in [-0.1, -0.05) is 12.1 Å². The molecule has 0 saturated carbocycles. The second-order valence-electron chi connectivity index (χ2n) is 5.95. The van der Waals surface area contributed by atoms with Crippen LogP contribution in [0.15, 0.2) is 4.52 Å². The van der Waals surface area contributed by atoms with Gasteiger partial charge in [0.15, 0.2) is 5.82 Å². The first-order valence-corrected chi connectivity index (χ1v) is 7.44. The van der Waals surface area contributed by atoms with E-state index in [0.717, 1.165) is 37.9 Å². The molecule has 2 aliphatic heterocycles. The van der Waals surface area contributed by atoms with Gasteiger partial charge in [-0.15, -0.1) is 0 Å². The Hall–Kier alpha value is -1.43. The molecule has 1 aromatic heterocycles. The van der Waals surface area contributed by atoms with E-state index in [1.165, 1.54) is 0 Å². The van der Waals surface area contributed by atoms with Gasteiger partial charge in [0.05, 0.1) is 6.54 Å². The van der Waals surface area contributed by atoms with Crippen LogP contribution in [-0.2, 0) is 17.8 Å². The topological polar surface area (TPSA) is 79.5 Å². The number of carbonyl (C=O) groups is 1. The van der Waals surface area contributed by atoms with Crippen molar-refractivity contribution in [2.45, 2.75) is 64.1 Å². The molecule has 2 atom stereocenters. The molecule has 2 fully saturated rings. The number of carboxylic acids is 1. The third kappa shape index (κ3) is 2.70. The van der Waals surface area contributed by atoms with Gasteiger partial charge in [-0.2, -0.15) is 4.98 Å². The minimum Gasteiger partial charge on any atom is -0.481 e. The molecule has 2 unspecified atom stereocenters. The molecule has 0 aliphatic carbocycles. The largest absolute Gasteiger partial charge is 0.481 e. The second-order valence-corrected chi connectivity index (χ2v) is 5.95. The van der Waals surface area contributed by atoms with Gasteiger partial charge in [0.25, 0.3) is 0 Å². The van der Waals surface area contributed by atoms with Crippen LogP contribution in [0.25, 0.3) is 0 Å². The molecule has 2 bridgehead atoms. The molecular formula is C14H21N3O3. The van der Waals surface area contributed by atoms with Crippen LogP contribution in [0.2, 0.25) is 0 Å². The summed E-state index contributed by atoms with van der Waals surface area (Å²) in [5.74, 6) is 1.10. The van der Waals surface area contributed by atoms with E-state index < -0.39 is 5.97 Å². The molecule has 2 aliphatic rings. The minimum atomic E-state index is -0.674.